The second-order valence-corrected chi connectivity index (χ2v) is 4.48. The summed E-state index contributed by atoms with van der Waals surface area (Å²) in [5, 5.41) is 19.0. The molecule has 17 heavy (non-hydrogen) atoms. The molecule has 2 aliphatic rings. The maximum Gasteiger partial charge on any atom is 0.294 e. The average molecular weight is 249 g/mol. The summed E-state index contributed by atoms with van der Waals surface area (Å²) in [7, 11) is 0. The zero-order valence-electron chi connectivity index (χ0n) is 9.57. The first-order chi connectivity index (χ1) is 7.89. The first-order valence-electron chi connectivity index (χ1n) is 5.35. The Morgan fingerprint density at radius 2 is 2.18 bits per heavy atom. The van der Waals surface area contributed by atoms with Crippen molar-refractivity contribution in [3.05, 3.63) is 10.1 Å². The fourth-order valence-corrected chi connectivity index (χ4v) is 2.04. The lowest BCUT2D eigenvalue weighted by atomic mass is 10.1. The van der Waals surface area contributed by atoms with Crippen molar-refractivity contribution in [2.24, 2.45) is 0 Å². The molecule has 8 nitrogen and oxygen atoms in total. The summed E-state index contributed by atoms with van der Waals surface area (Å²) in [6.07, 6.45) is -2.40. The Morgan fingerprint density at radius 3 is 2.76 bits per heavy atom. The van der Waals surface area contributed by atoms with Crippen LogP contribution in [0.3, 0.4) is 0 Å². The maximum atomic E-state index is 9.97. The SMILES string of the molecule is CC1(C)O[C@H]2O[C@H](CCO[N+](=O)[O-])[C@@H](O)[C@H]2O1. The van der Waals surface area contributed by atoms with Gasteiger partial charge in [-0.1, -0.05) is 0 Å². The first-order valence-corrected chi connectivity index (χ1v) is 5.35. The molecule has 0 spiro atoms. The number of rotatable bonds is 4. The Kier molecular flexibility index (Phi) is 3.21. The van der Waals surface area contributed by atoms with E-state index in [9.17, 15) is 15.2 Å². The van der Waals surface area contributed by atoms with E-state index >= 15 is 0 Å². The molecule has 1 N–H and O–H groups in total. The van der Waals surface area contributed by atoms with Gasteiger partial charge in [0.1, 0.15) is 12.2 Å². The van der Waals surface area contributed by atoms with Crippen molar-refractivity contribution < 1.29 is 29.2 Å². The standard InChI is InChI=1S/C9H15NO7/c1-9(2)16-7-6(11)5(15-8(7)17-9)3-4-14-10(12)13/h5-8,11H,3-4H2,1-2H3/t5-,6-,7-,8-/m1/s1. The Morgan fingerprint density at radius 1 is 1.47 bits per heavy atom. The molecule has 0 aromatic carbocycles. The predicted octanol–water partition coefficient (Wildman–Crippen LogP) is -0.178. The molecule has 0 aliphatic carbocycles. The molecule has 0 radical (unpaired) electrons. The van der Waals surface area contributed by atoms with E-state index in [1.807, 2.05) is 0 Å². The third kappa shape index (κ3) is 2.65. The van der Waals surface area contributed by atoms with E-state index in [2.05, 4.69) is 4.84 Å². The van der Waals surface area contributed by atoms with Crippen molar-refractivity contribution in [3.63, 3.8) is 0 Å². The minimum Gasteiger partial charge on any atom is -0.387 e. The molecule has 4 atom stereocenters. The molecule has 2 aliphatic heterocycles. The topological polar surface area (TPSA) is 100 Å². The van der Waals surface area contributed by atoms with Crippen LogP contribution in [0.2, 0.25) is 0 Å². The fourth-order valence-electron chi connectivity index (χ4n) is 2.04. The Hall–Kier alpha value is -0.960. The smallest absolute Gasteiger partial charge is 0.294 e. The summed E-state index contributed by atoms with van der Waals surface area (Å²) < 4.78 is 16.3. The number of aliphatic hydroxyl groups is 1. The highest BCUT2D eigenvalue weighted by Gasteiger charge is 2.53. The van der Waals surface area contributed by atoms with E-state index in [1.165, 1.54) is 0 Å². The second-order valence-electron chi connectivity index (χ2n) is 4.48. The van der Waals surface area contributed by atoms with Gasteiger partial charge >= 0.3 is 0 Å². The van der Waals surface area contributed by atoms with Gasteiger partial charge in [0, 0.05) is 0 Å². The summed E-state index contributed by atoms with van der Waals surface area (Å²) in [5.74, 6) is -0.779. The third-order valence-corrected chi connectivity index (χ3v) is 2.71. The largest absolute Gasteiger partial charge is 0.387 e. The molecule has 0 aromatic rings. The molecule has 2 saturated heterocycles. The van der Waals surface area contributed by atoms with Gasteiger partial charge in [-0.3, -0.25) is 0 Å². The number of nitrogens with zero attached hydrogens (tertiary/aromatic N) is 1. The normalized spacial score (nSPS) is 39.0. The van der Waals surface area contributed by atoms with Crippen LogP contribution in [0.25, 0.3) is 0 Å². The number of aliphatic hydroxyl groups excluding tert-OH is 1. The summed E-state index contributed by atoms with van der Waals surface area (Å²) in [4.78, 5) is 14.1. The molecule has 0 bridgehead atoms. The molecule has 8 heteroatoms. The first kappa shape index (κ1) is 12.5. The van der Waals surface area contributed by atoms with E-state index in [1.54, 1.807) is 13.8 Å². The van der Waals surface area contributed by atoms with Crippen molar-refractivity contribution >= 4 is 0 Å². The minimum absolute atomic E-state index is 0.127. The lowest BCUT2D eigenvalue weighted by Gasteiger charge is -2.22. The number of hydrogen-bond acceptors (Lipinski definition) is 7. The molecule has 0 amide bonds. The molecule has 0 aromatic heterocycles. The summed E-state index contributed by atoms with van der Waals surface area (Å²) >= 11 is 0. The molecular formula is C9H15NO7. The van der Waals surface area contributed by atoms with Crippen molar-refractivity contribution in [2.75, 3.05) is 6.61 Å². The van der Waals surface area contributed by atoms with Crippen LogP contribution in [0.1, 0.15) is 20.3 Å². The molecule has 2 fully saturated rings. The van der Waals surface area contributed by atoms with Gasteiger partial charge in [0.05, 0.1) is 12.7 Å². The van der Waals surface area contributed by atoms with E-state index < -0.39 is 35.5 Å². The van der Waals surface area contributed by atoms with Gasteiger partial charge in [-0.25, -0.2) is 0 Å². The van der Waals surface area contributed by atoms with Crippen molar-refractivity contribution in [1.29, 1.82) is 0 Å². The van der Waals surface area contributed by atoms with Crippen LogP contribution in [0.5, 0.6) is 0 Å². The van der Waals surface area contributed by atoms with E-state index in [0.717, 1.165) is 0 Å². The van der Waals surface area contributed by atoms with Gasteiger partial charge in [0.25, 0.3) is 5.09 Å². The highest BCUT2D eigenvalue weighted by Crippen LogP contribution is 2.38. The third-order valence-electron chi connectivity index (χ3n) is 2.71. The minimum atomic E-state index is -0.877. The molecule has 2 heterocycles. The molecule has 0 unspecified atom stereocenters. The van der Waals surface area contributed by atoms with Gasteiger partial charge in [0.15, 0.2) is 12.1 Å². The Labute approximate surface area is 97.5 Å². The van der Waals surface area contributed by atoms with Crippen LogP contribution in [0, 0.1) is 10.1 Å². The van der Waals surface area contributed by atoms with Crippen LogP contribution in [0.4, 0.5) is 0 Å². The highest BCUT2D eigenvalue weighted by atomic mass is 16.9. The molecule has 0 saturated carbocycles. The maximum absolute atomic E-state index is 9.97. The Balaban J connectivity index is 1.83. The van der Waals surface area contributed by atoms with Crippen LogP contribution < -0.4 is 0 Å². The van der Waals surface area contributed by atoms with Crippen LogP contribution in [-0.4, -0.2) is 47.2 Å². The fraction of sp³-hybridized carbons (Fsp3) is 1.00. The van der Waals surface area contributed by atoms with Crippen LogP contribution in [0.15, 0.2) is 0 Å². The summed E-state index contributed by atoms with van der Waals surface area (Å²) in [5.41, 5.74) is 0. The van der Waals surface area contributed by atoms with Crippen molar-refractivity contribution in [2.45, 2.75) is 50.7 Å². The van der Waals surface area contributed by atoms with E-state index in [-0.39, 0.29) is 13.0 Å². The zero-order valence-corrected chi connectivity index (χ0v) is 9.57. The lowest BCUT2D eigenvalue weighted by molar-refractivity contribution is -0.758. The van der Waals surface area contributed by atoms with Crippen molar-refractivity contribution in [3.8, 4) is 0 Å². The van der Waals surface area contributed by atoms with Gasteiger partial charge in [-0.05, 0) is 20.3 Å². The van der Waals surface area contributed by atoms with Gasteiger partial charge in [-0.2, -0.15) is 0 Å². The number of ether oxygens (including phenoxy) is 3. The van der Waals surface area contributed by atoms with Gasteiger partial charge in [-0.15, -0.1) is 10.1 Å². The molecule has 98 valence electrons. The summed E-state index contributed by atoms with van der Waals surface area (Å²) in [6.45, 7) is 3.33. The van der Waals surface area contributed by atoms with Crippen LogP contribution in [-0.2, 0) is 19.0 Å². The van der Waals surface area contributed by atoms with E-state index in [0.29, 0.717) is 0 Å². The van der Waals surface area contributed by atoms with Gasteiger partial charge < -0.3 is 24.2 Å². The summed E-state index contributed by atoms with van der Waals surface area (Å²) in [6, 6.07) is 0. The lowest BCUT2D eigenvalue weighted by Crippen LogP contribution is -2.35. The number of fused-ring (bicyclic) bond motifs is 1. The molecule has 2 rings (SSSR count). The Bertz CT molecular complexity index is 308. The second kappa shape index (κ2) is 4.37. The van der Waals surface area contributed by atoms with Crippen molar-refractivity contribution in [1.82, 2.24) is 0 Å². The van der Waals surface area contributed by atoms with Gasteiger partial charge in [0.2, 0.25) is 0 Å². The predicted molar refractivity (Wildman–Crippen MR) is 52.3 cm³/mol. The number of hydrogen-bond donors (Lipinski definition) is 1. The van der Waals surface area contributed by atoms with E-state index in [4.69, 9.17) is 14.2 Å². The van der Waals surface area contributed by atoms with Crippen LogP contribution >= 0.6 is 0 Å². The average Bonchev–Trinajstić information content (AvgIpc) is 2.62. The zero-order chi connectivity index (χ0) is 12.6. The quantitative estimate of drug-likeness (QED) is 0.545. The molecular weight excluding hydrogens is 234 g/mol. The monoisotopic (exact) mass is 249 g/mol. The highest BCUT2D eigenvalue weighted by molar-refractivity contribution is 4.92.